The SMILES string of the molecule is C=CC(=O)OCCOC(C)CC(O)CC. The number of carbonyl (C=O) groups is 1. The molecule has 2 unspecified atom stereocenters. The standard InChI is InChI=1S/C11H20O4/c1-4-10(12)8-9(3)14-6-7-15-11(13)5-2/h5,9-10,12H,2,4,6-8H2,1,3H3. The molecular formula is C11H20O4. The van der Waals surface area contributed by atoms with E-state index in [1.54, 1.807) is 0 Å². The molecule has 2 atom stereocenters. The highest BCUT2D eigenvalue weighted by Crippen LogP contribution is 2.04. The number of carbonyl (C=O) groups excluding carboxylic acids is 1. The molecule has 0 heterocycles. The summed E-state index contributed by atoms with van der Waals surface area (Å²) in [6.45, 7) is 7.64. The van der Waals surface area contributed by atoms with Gasteiger partial charge in [0.2, 0.25) is 0 Å². The van der Waals surface area contributed by atoms with Crippen molar-refractivity contribution < 1.29 is 19.4 Å². The van der Waals surface area contributed by atoms with E-state index in [2.05, 4.69) is 6.58 Å². The van der Waals surface area contributed by atoms with Crippen LogP contribution in [0.25, 0.3) is 0 Å². The minimum atomic E-state index is -0.445. The van der Waals surface area contributed by atoms with Gasteiger partial charge in [0.25, 0.3) is 0 Å². The van der Waals surface area contributed by atoms with Crippen LogP contribution in [0.3, 0.4) is 0 Å². The van der Waals surface area contributed by atoms with E-state index in [0.717, 1.165) is 12.5 Å². The molecule has 0 saturated heterocycles. The van der Waals surface area contributed by atoms with Gasteiger partial charge in [0, 0.05) is 6.08 Å². The van der Waals surface area contributed by atoms with Crippen molar-refractivity contribution in [1.82, 2.24) is 0 Å². The van der Waals surface area contributed by atoms with Gasteiger partial charge in [-0.3, -0.25) is 0 Å². The molecule has 0 aromatic rings. The Hall–Kier alpha value is -0.870. The average molecular weight is 216 g/mol. The van der Waals surface area contributed by atoms with E-state index in [1.807, 2.05) is 13.8 Å². The maximum atomic E-state index is 10.6. The van der Waals surface area contributed by atoms with Crippen LogP contribution in [-0.4, -0.2) is 36.5 Å². The van der Waals surface area contributed by atoms with Crippen molar-refractivity contribution in [2.45, 2.75) is 38.9 Å². The summed E-state index contributed by atoms with van der Waals surface area (Å²) in [5.41, 5.74) is 0. The predicted molar refractivity (Wildman–Crippen MR) is 57.5 cm³/mol. The lowest BCUT2D eigenvalue weighted by Crippen LogP contribution is -2.20. The number of aliphatic hydroxyl groups is 1. The Morgan fingerprint density at radius 3 is 2.73 bits per heavy atom. The largest absolute Gasteiger partial charge is 0.460 e. The Labute approximate surface area is 90.9 Å². The first-order valence-corrected chi connectivity index (χ1v) is 5.19. The first-order chi connectivity index (χ1) is 7.10. The van der Waals surface area contributed by atoms with Crippen LogP contribution in [0, 0.1) is 0 Å². The highest BCUT2D eigenvalue weighted by molar-refractivity contribution is 5.81. The van der Waals surface area contributed by atoms with Gasteiger partial charge in [-0.1, -0.05) is 13.5 Å². The normalized spacial score (nSPS) is 14.3. The van der Waals surface area contributed by atoms with Gasteiger partial charge in [-0.2, -0.15) is 0 Å². The Kier molecular flexibility index (Phi) is 7.95. The predicted octanol–water partition coefficient (Wildman–Crippen LogP) is 1.28. The van der Waals surface area contributed by atoms with Crippen LogP contribution in [0.1, 0.15) is 26.7 Å². The highest BCUT2D eigenvalue weighted by Gasteiger charge is 2.08. The lowest BCUT2D eigenvalue weighted by molar-refractivity contribution is -0.140. The molecule has 0 rings (SSSR count). The van der Waals surface area contributed by atoms with Crippen LogP contribution < -0.4 is 0 Å². The molecule has 88 valence electrons. The van der Waals surface area contributed by atoms with Crippen LogP contribution in [0.4, 0.5) is 0 Å². The summed E-state index contributed by atoms with van der Waals surface area (Å²) in [5.74, 6) is -0.445. The zero-order valence-corrected chi connectivity index (χ0v) is 9.44. The fourth-order valence-corrected chi connectivity index (χ4v) is 1.07. The molecule has 0 aromatic carbocycles. The summed E-state index contributed by atoms with van der Waals surface area (Å²) in [6.07, 6.45) is 2.09. The molecule has 4 heteroatoms. The lowest BCUT2D eigenvalue weighted by atomic mass is 10.1. The molecule has 0 radical (unpaired) electrons. The molecule has 0 aliphatic rings. The molecule has 0 aliphatic carbocycles. The van der Waals surface area contributed by atoms with Gasteiger partial charge in [0.1, 0.15) is 6.61 Å². The zero-order chi connectivity index (χ0) is 11.7. The molecule has 0 amide bonds. The van der Waals surface area contributed by atoms with Gasteiger partial charge in [-0.25, -0.2) is 4.79 Å². The van der Waals surface area contributed by atoms with Crippen LogP contribution in [0.2, 0.25) is 0 Å². The summed E-state index contributed by atoms with van der Waals surface area (Å²) in [5, 5.41) is 9.33. The van der Waals surface area contributed by atoms with E-state index in [1.165, 1.54) is 0 Å². The lowest BCUT2D eigenvalue weighted by Gasteiger charge is -2.15. The topological polar surface area (TPSA) is 55.8 Å². The second-order valence-electron chi connectivity index (χ2n) is 3.35. The van der Waals surface area contributed by atoms with Crippen molar-refractivity contribution >= 4 is 5.97 Å². The Bertz CT molecular complexity index is 191. The van der Waals surface area contributed by atoms with Gasteiger partial charge in [0.15, 0.2) is 0 Å². The Balaban J connectivity index is 3.42. The van der Waals surface area contributed by atoms with Crippen LogP contribution >= 0.6 is 0 Å². The van der Waals surface area contributed by atoms with Crippen molar-refractivity contribution in [2.75, 3.05) is 13.2 Å². The maximum absolute atomic E-state index is 10.6. The van der Waals surface area contributed by atoms with Crippen molar-refractivity contribution in [1.29, 1.82) is 0 Å². The van der Waals surface area contributed by atoms with E-state index in [-0.39, 0.29) is 18.8 Å². The molecular weight excluding hydrogens is 196 g/mol. The van der Waals surface area contributed by atoms with Gasteiger partial charge >= 0.3 is 5.97 Å². The number of esters is 1. The molecule has 0 fully saturated rings. The van der Waals surface area contributed by atoms with E-state index in [0.29, 0.717) is 13.0 Å². The number of aliphatic hydroxyl groups excluding tert-OH is 1. The summed E-state index contributed by atoms with van der Waals surface area (Å²) >= 11 is 0. The monoisotopic (exact) mass is 216 g/mol. The van der Waals surface area contributed by atoms with Gasteiger partial charge < -0.3 is 14.6 Å². The van der Waals surface area contributed by atoms with Crippen LogP contribution in [0.5, 0.6) is 0 Å². The number of rotatable bonds is 8. The van der Waals surface area contributed by atoms with Crippen molar-refractivity contribution in [3.8, 4) is 0 Å². The smallest absolute Gasteiger partial charge is 0.330 e. The molecule has 0 saturated carbocycles. The summed E-state index contributed by atoms with van der Waals surface area (Å²) in [4.78, 5) is 10.6. The summed E-state index contributed by atoms with van der Waals surface area (Å²) in [7, 11) is 0. The molecule has 15 heavy (non-hydrogen) atoms. The van der Waals surface area contributed by atoms with E-state index in [4.69, 9.17) is 9.47 Å². The molecule has 4 nitrogen and oxygen atoms in total. The third-order valence-corrected chi connectivity index (χ3v) is 1.97. The minimum absolute atomic E-state index is 0.0256. The van der Waals surface area contributed by atoms with Gasteiger partial charge in [-0.05, 0) is 19.8 Å². The van der Waals surface area contributed by atoms with Crippen LogP contribution in [0.15, 0.2) is 12.7 Å². The van der Waals surface area contributed by atoms with Gasteiger partial charge in [0.05, 0.1) is 18.8 Å². The van der Waals surface area contributed by atoms with Crippen LogP contribution in [-0.2, 0) is 14.3 Å². The number of hydrogen-bond donors (Lipinski definition) is 1. The quantitative estimate of drug-likeness (QED) is 0.377. The zero-order valence-electron chi connectivity index (χ0n) is 9.44. The molecule has 1 N–H and O–H groups in total. The average Bonchev–Trinajstić information content (AvgIpc) is 2.23. The maximum Gasteiger partial charge on any atom is 0.330 e. The minimum Gasteiger partial charge on any atom is -0.460 e. The molecule has 0 aliphatic heterocycles. The fourth-order valence-electron chi connectivity index (χ4n) is 1.07. The van der Waals surface area contributed by atoms with Crippen molar-refractivity contribution in [3.63, 3.8) is 0 Å². The molecule has 0 spiro atoms. The van der Waals surface area contributed by atoms with E-state index >= 15 is 0 Å². The number of hydrogen-bond acceptors (Lipinski definition) is 4. The fraction of sp³-hybridized carbons (Fsp3) is 0.727. The first kappa shape index (κ1) is 14.1. The third kappa shape index (κ3) is 8.15. The van der Waals surface area contributed by atoms with Crippen molar-refractivity contribution in [2.24, 2.45) is 0 Å². The third-order valence-electron chi connectivity index (χ3n) is 1.97. The second-order valence-corrected chi connectivity index (χ2v) is 3.35. The van der Waals surface area contributed by atoms with Crippen molar-refractivity contribution in [3.05, 3.63) is 12.7 Å². The summed E-state index contributed by atoms with van der Waals surface area (Å²) in [6, 6.07) is 0. The van der Waals surface area contributed by atoms with E-state index < -0.39 is 5.97 Å². The Morgan fingerprint density at radius 2 is 2.20 bits per heavy atom. The second kappa shape index (κ2) is 8.44. The first-order valence-electron chi connectivity index (χ1n) is 5.19. The molecule has 0 aromatic heterocycles. The van der Waals surface area contributed by atoms with E-state index in [9.17, 15) is 9.90 Å². The molecule has 0 bridgehead atoms. The highest BCUT2D eigenvalue weighted by atomic mass is 16.6. The Morgan fingerprint density at radius 1 is 1.53 bits per heavy atom. The van der Waals surface area contributed by atoms with Gasteiger partial charge in [-0.15, -0.1) is 0 Å². The summed E-state index contributed by atoms with van der Waals surface area (Å²) < 4.78 is 10.1. The number of ether oxygens (including phenoxy) is 2.